The molecule has 0 aliphatic heterocycles. The second-order valence-corrected chi connectivity index (χ2v) is 4.62. The molecule has 2 heterocycles. The van der Waals surface area contributed by atoms with Gasteiger partial charge >= 0.3 is 0 Å². The summed E-state index contributed by atoms with van der Waals surface area (Å²) in [4.78, 5) is 4.29. The second kappa shape index (κ2) is 7.49. The summed E-state index contributed by atoms with van der Waals surface area (Å²) in [6.45, 7) is 2.80. The van der Waals surface area contributed by atoms with Crippen LogP contribution in [0.1, 0.15) is 18.2 Å². The van der Waals surface area contributed by atoms with Crippen molar-refractivity contribution in [1.29, 1.82) is 0 Å². The molecule has 2 N–H and O–H groups in total. The summed E-state index contributed by atoms with van der Waals surface area (Å²) in [6.07, 6.45) is 5.11. The number of anilines is 1. The minimum Gasteiger partial charge on any atom is -0.362 e. The summed E-state index contributed by atoms with van der Waals surface area (Å²) in [5.74, 6) is 0.812. The van der Waals surface area contributed by atoms with Crippen LogP contribution in [0, 0.1) is 0 Å². The van der Waals surface area contributed by atoms with E-state index in [1.54, 1.807) is 12.4 Å². The molecule has 0 atom stereocenters. The molecule has 20 heavy (non-hydrogen) atoms. The summed E-state index contributed by atoms with van der Waals surface area (Å²) >= 11 is 5.26. The van der Waals surface area contributed by atoms with E-state index in [0.717, 1.165) is 29.9 Å². The van der Waals surface area contributed by atoms with Gasteiger partial charge in [-0.3, -0.25) is 0 Å². The van der Waals surface area contributed by atoms with Crippen molar-refractivity contribution >= 4 is 23.1 Å². The average molecular weight is 287 g/mol. The smallest absolute Gasteiger partial charge is 0.171 e. The van der Waals surface area contributed by atoms with Crippen molar-refractivity contribution in [3.05, 3.63) is 47.9 Å². The zero-order valence-corrected chi connectivity index (χ0v) is 12.2. The maximum atomic E-state index is 5.26. The third-order valence-electron chi connectivity index (χ3n) is 2.80. The lowest BCUT2D eigenvalue weighted by atomic mass is 10.2. The van der Waals surface area contributed by atoms with Gasteiger partial charge in [-0.25, -0.2) is 4.98 Å². The molecule has 0 saturated carbocycles. The standard InChI is InChI=1S/C14H17N5S/c1-2-11-5-3-8-15-13(11)18-14(20)16-10-7-12-6-4-9-17-19-12/h3-6,8-9H,2,7,10H2,1H3,(H2,15,16,18,20). The first-order chi connectivity index (χ1) is 9.79. The summed E-state index contributed by atoms with van der Waals surface area (Å²) in [5, 5.41) is 14.7. The number of nitrogens with one attached hydrogen (secondary N) is 2. The van der Waals surface area contributed by atoms with Crippen molar-refractivity contribution in [2.24, 2.45) is 0 Å². The molecule has 0 aromatic carbocycles. The van der Waals surface area contributed by atoms with E-state index in [0.29, 0.717) is 11.7 Å². The number of rotatable bonds is 5. The van der Waals surface area contributed by atoms with Gasteiger partial charge < -0.3 is 10.6 Å². The summed E-state index contributed by atoms with van der Waals surface area (Å²) in [6, 6.07) is 7.78. The summed E-state index contributed by atoms with van der Waals surface area (Å²) < 4.78 is 0. The third-order valence-corrected chi connectivity index (χ3v) is 3.04. The maximum absolute atomic E-state index is 5.26. The van der Waals surface area contributed by atoms with Crippen LogP contribution in [0.3, 0.4) is 0 Å². The van der Waals surface area contributed by atoms with Gasteiger partial charge in [-0.15, -0.1) is 0 Å². The molecule has 0 spiro atoms. The largest absolute Gasteiger partial charge is 0.362 e. The van der Waals surface area contributed by atoms with Crippen LogP contribution in [0.5, 0.6) is 0 Å². The fraction of sp³-hybridized carbons (Fsp3) is 0.286. The maximum Gasteiger partial charge on any atom is 0.171 e. The number of nitrogens with zero attached hydrogens (tertiary/aromatic N) is 3. The lowest BCUT2D eigenvalue weighted by Gasteiger charge is -2.12. The van der Waals surface area contributed by atoms with E-state index in [1.165, 1.54) is 0 Å². The number of hydrogen-bond donors (Lipinski definition) is 2. The molecule has 2 rings (SSSR count). The van der Waals surface area contributed by atoms with E-state index in [9.17, 15) is 0 Å². The zero-order chi connectivity index (χ0) is 14.2. The number of aryl methyl sites for hydroxylation is 1. The van der Waals surface area contributed by atoms with Gasteiger partial charge in [-0.05, 0) is 42.4 Å². The van der Waals surface area contributed by atoms with Gasteiger partial charge in [0.25, 0.3) is 0 Å². The Morgan fingerprint density at radius 1 is 1.25 bits per heavy atom. The predicted molar refractivity (Wildman–Crippen MR) is 83.6 cm³/mol. The first kappa shape index (κ1) is 14.3. The van der Waals surface area contributed by atoms with Crippen molar-refractivity contribution < 1.29 is 0 Å². The second-order valence-electron chi connectivity index (χ2n) is 4.21. The normalized spacial score (nSPS) is 10.1. The third kappa shape index (κ3) is 4.24. The van der Waals surface area contributed by atoms with Gasteiger partial charge in [0.1, 0.15) is 5.82 Å². The Labute approximate surface area is 123 Å². The fourth-order valence-corrected chi connectivity index (χ4v) is 1.96. The van der Waals surface area contributed by atoms with Crippen LogP contribution in [0.4, 0.5) is 5.82 Å². The first-order valence-corrected chi connectivity index (χ1v) is 6.95. The van der Waals surface area contributed by atoms with Gasteiger partial charge in [0.15, 0.2) is 5.11 Å². The van der Waals surface area contributed by atoms with E-state index in [2.05, 4.69) is 32.7 Å². The molecule has 0 bridgehead atoms. The highest BCUT2D eigenvalue weighted by Gasteiger charge is 2.03. The van der Waals surface area contributed by atoms with E-state index in [1.807, 2.05) is 24.3 Å². The van der Waals surface area contributed by atoms with Crippen LogP contribution >= 0.6 is 12.2 Å². The van der Waals surface area contributed by atoms with Crippen molar-refractivity contribution in [3.8, 4) is 0 Å². The number of thiocarbonyl (C=S) groups is 1. The molecule has 0 aliphatic rings. The molecule has 0 radical (unpaired) electrons. The molecule has 2 aromatic heterocycles. The predicted octanol–water partition coefficient (Wildman–Crippen LogP) is 1.96. The van der Waals surface area contributed by atoms with Crippen LogP contribution in [-0.4, -0.2) is 26.8 Å². The Hall–Kier alpha value is -2.08. The van der Waals surface area contributed by atoms with Crippen LogP contribution in [0.2, 0.25) is 0 Å². The molecule has 5 nitrogen and oxygen atoms in total. The highest BCUT2D eigenvalue weighted by molar-refractivity contribution is 7.80. The van der Waals surface area contributed by atoms with Gasteiger partial charge in [0, 0.05) is 25.4 Å². The Morgan fingerprint density at radius 2 is 2.10 bits per heavy atom. The first-order valence-electron chi connectivity index (χ1n) is 6.55. The minimum atomic E-state index is 0.572. The molecule has 6 heteroatoms. The number of aromatic nitrogens is 3. The summed E-state index contributed by atoms with van der Waals surface area (Å²) in [7, 11) is 0. The van der Waals surface area contributed by atoms with Crippen LogP contribution < -0.4 is 10.6 Å². The van der Waals surface area contributed by atoms with Crippen molar-refractivity contribution in [1.82, 2.24) is 20.5 Å². The van der Waals surface area contributed by atoms with Crippen LogP contribution in [0.25, 0.3) is 0 Å². The van der Waals surface area contributed by atoms with Gasteiger partial charge in [-0.2, -0.15) is 10.2 Å². The quantitative estimate of drug-likeness (QED) is 0.820. The van der Waals surface area contributed by atoms with Gasteiger partial charge in [0.2, 0.25) is 0 Å². The summed E-state index contributed by atoms with van der Waals surface area (Å²) in [5.41, 5.74) is 2.08. The highest BCUT2D eigenvalue weighted by Crippen LogP contribution is 2.11. The Kier molecular flexibility index (Phi) is 5.37. The monoisotopic (exact) mass is 287 g/mol. The molecule has 0 saturated heterocycles. The van der Waals surface area contributed by atoms with Gasteiger partial charge in [0.05, 0.1) is 5.69 Å². The Morgan fingerprint density at radius 3 is 2.85 bits per heavy atom. The van der Waals surface area contributed by atoms with E-state index >= 15 is 0 Å². The van der Waals surface area contributed by atoms with Gasteiger partial charge in [-0.1, -0.05) is 13.0 Å². The fourth-order valence-electron chi connectivity index (χ4n) is 1.76. The molecule has 0 aliphatic carbocycles. The molecule has 2 aromatic rings. The van der Waals surface area contributed by atoms with E-state index < -0.39 is 0 Å². The molecule has 0 fully saturated rings. The Bertz CT molecular complexity index is 559. The average Bonchev–Trinajstić information content (AvgIpc) is 2.49. The highest BCUT2D eigenvalue weighted by atomic mass is 32.1. The minimum absolute atomic E-state index is 0.572. The molecule has 0 amide bonds. The number of pyridine rings is 1. The molecule has 104 valence electrons. The number of hydrogen-bond acceptors (Lipinski definition) is 4. The van der Waals surface area contributed by atoms with Crippen LogP contribution in [0.15, 0.2) is 36.7 Å². The van der Waals surface area contributed by atoms with Crippen molar-refractivity contribution in [3.63, 3.8) is 0 Å². The molecule has 0 unspecified atom stereocenters. The van der Waals surface area contributed by atoms with Crippen LogP contribution in [-0.2, 0) is 12.8 Å². The van der Waals surface area contributed by atoms with E-state index in [-0.39, 0.29) is 0 Å². The Balaban J connectivity index is 1.81. The lowest BCUT2D eigenvalue weighted by Crippen LogP contribution is -2.31. The lowest BCUT2D eigenvalue weighted by molar-refractivity contribution is 0.817. The zero-order valence-electron chi connectivity index (χ0n) is 11.3. The van der Waals surface area contributed by atoms with E-state index in [4.69, 9.17) is 12.2 Å². The molecular formula is C14H17N5S. The SMILES string of the molecule is CCc1cccnc1NC(=S)NCCc1cccnn1. The van der Waals surface area contributed by atoms with Crippen molar-refractivity contribution in [2.75, 3.05) is 11.9 Å². The molecular weight excluding hydrogens is 270 g/mol. The van der Waals surface area contributed by atoms with Crippen molar-refractivity contribution in [2.45, 2.75) is 19.8 Å². The topological polar surface area (TPSA) is 62.7 Å².